The Morgan fingerprint density at radius 3 is 2.44 bits per heavy atom. The number of hydrogen-bond acceptors (Lipinski definition) is 2. The van der Waals surface area contributed by atoms with Crippen LogP contribution < -0.4 is 0 Å². The highest BCUT2D eigenvalue weighted by Crippen LogP contribution is 2.35. The Morgan fingerprint density at radius 1 is 1.17 bits per heavy atom. The molecular formula is C14H20ClN3. The summed E-state index contributed by atoms with van der Waals surface area (Å²) in [5.74, 6) is 0. The SMILES string of the molecule is CC(C)(C)CC(C)(C)c1cn2nc(Cl)ccc2n1. The Labute approximate surface area is 113 Å². The third kappa shape index (κ3) is 2.83. The van der Waals surface area contributed by atoms with E-state index < -0.39 is 0 Å². The van der Waals surface area contributed by atoms with E-state index >= 15 is 0 Å². The number of imidazole rings is 1. The van der Waals surface area contributed by atoms with E-state index in [1.165, 1.54) is 0 Å². The summed E-state index contributed by atoms with van der Waals surface area (Å²) in [5.41, 5.74) is 2.20. The van der Waals surface area contributed by atoms with Crippen molar-refractivity contribution in [3.63, 3.8) is 0 Å². The summed E-state index contributed by atoms with van der Waals surface area (Å²) in [6.45, 7) is 11.2. The van der Waals surface area contributed by atoms with Crippen molar-refractivity contribution in [1.82, 2.24) is 14.6 Å². The van der Waals surface area contributed by atoms with E-state index in [4.69, 9.17) is 11.6 Å². The van der Waals surface area contributed by atoms with Gasteiger partial charge in [-0.15, -0.1) is 0 Å². The molecule has 0 aliphatic heterocycles. The molecule has 18 heavy (non-hydrogen) atoms. The molecule has 0 aromatic carbocycles. The summed E-state index contributed by atoms with van der Waals surface area (Å²) < 4.78 is 1.75. The lowest BCUT2D eigenvalue weighted by Crippen LogP contribution is -2.25. The van der Waals surface area contributed by atoms with Crippen LogP contribution in [0.25, 0.3) is 5.65 Å². The van der Waals surface area contributed by atoms with Crippen LogP contribution in [0.2, 0.25) is 5.15 Å². The zero-order valence-corrected chi connectivity index (χ0v) is 12.4. The molecule has 0 fully saturated rings. The van der Waals surface area contributed by atoms with Crippen LogP contribution in [0.5, 0.6) is 0 Å². The van der Waals surface area contributed by atoms with Crippen LogP contribution in [0.15, 0.2) is 18.3 Å². The summed E-state index contributed by atoms with van der Waals surface area (Å²) in [6, 6.07) is 3.66. The number of halogens is 1. The van der Waals surface area contributed by atoms with Gasteiger partial charge in [0.1, 0.15) is 5.15 Å². The molecule has 0 spiro atoms. The highest BCUT2D eigenvalue weighted by Gasteiger charge is 2.29. The molecule has 2 aromatic heterocycles. The van der Waals surface area contributed by atoms with Gasteiger partial charge in [0.2, 0.25) is 0 Å². The Balaban J connectivity index is 2.41. The van der Waals surface area contributed by atoms with E-state index in [0.29, 0.717) is 5.15 Å². The molecular weight excluding hydrogens is 246 g/mol. The molecule has 0 radical (unpaired) electrons. The van der Waals surface area contributed by atoms with E-state index in [1.807, 2.05) is 12.3 Å². The molecule has 2 aromatic rings. The van der Waals surface area contributed by atoms with E-state index in [0.717, 1.165) is 17.8 Å². The maximum absolute atomic E-state index is 5.89. The standard InChI is InChI=1S/C14H20ClN3/c1-13(2,3)9-14(4,5)10-8-18-12(16-10)7-6-11(15)17-18/h6-8H,9H2,1-5H3. The first kappa shape index (κ1) is 13.3. The second-order valence-corrected chi connectivity index (χ2v) is 7.09. The lowest BCUT2D eigenvalue weighted by Gasteiger charge is -2.30. The van der Waals surface area contributed by atoms with Crippen molar-refractivity contribution >= 4 is 17.2 Å². The van der Waals surface area contributed by atoms with Crippen LogP contribution >= 0.6 is 11.6 Å². The molecule has 0 aliphatic carbocycles. The first-order valence-electron chi connectivity index (χ1n) is 6.20. The van der Waals surface area contributed by atoms with Crippen LogP contribution in [0, 0.1) is 5.41 Å². The Hall–Kier alpha value is -1.09. The third-order valence-electron chi connectivity index (χ3n) is 2.95. The summed E-state index contributed by atoms with van der Waals surface area (Å²) in [4.78, 5) is 4.65. The van der Waals surface area contributed by atoms with Gasteiger partial charge in [0.25, 0.3) is 0 Å². The highest BCUT2D eigenvalue weighted by atomic mass is 35.5. The van der Waals surface area contributed by atoms with E-state index in [9.17, 15) is 0 Å². The monoisotopic (exact) mass is 265 g/mol. The van der Waals surface area contributed by atoms with E-state index in [1.54, 1.807) is 10.6 Å². The number of rotatable bonds is 2. The smallest absolute Gasteiger partial charge is 0.153 e. The first-order valence-corrected chi connectivity index (χ1v) is 6.58. The molecule has 0 N–H and O–H groups in total. The van der Waals surface area contributed by atoms with Gasteiger partial charge >= 0.3 is 0 Å². The number of fused-ring (bicyclic) bond motifs is 1. The lowest BCUT2D eigenvalue weighted by atomic mass is 9.75. The van der Waals surface area contributed by atoms with Gasteiger partial charge in [0, 0.05) is 5.41 Å². The molecule has 0 aliphatic rings. The molecule has 0 atom stereocenters. The van der Waals surface area contributed by atoms with Crippen LogP contribution in [0.3, 0.4) is 0 Å². The van der Waals surface area contributed by atoms with Gasteiger partial charge in [0.05, 0.1) is 11.9 Å². The highest BCUT2D eigenvalue weighted by molar-refractivity contribution is 6.29. The van der Waals surface area contributed by atoms with Crippen molar-refractivity contribution in [2.24, 2.45) is 5.41 Å². The quantitative estimate of drug-likeness (QED) is 0.818. The van der Waals surface area contributed by atoms with Gasteiger partial charge in [0.15, 0.2) is 5.65 Å². The topological polar surface area (TPSA) is 30.2 Å². The molecule has 0 saturated carbocycles. The number of hydrogen-bond donors (Lipinski definition) is 0. The minimum atomic E-state index is 0.0262. The van der Waals surface area contributed by atoms with Crippen molar-refractivity contribution in [3.05, 3.63) is 29.2 Å². The second-order valence-electron chi connectivity index (χ2n) is 6.71. The van der Waals surface area contributed by atoms with Crippen LogP contribution in [-0.2, 0) is 5.41 Å². The Bertz CT molecular complexity index is 564. The maximum atomic E-state index is 5.89. The zero-order chi connectivity index (χ0) is 13.6. The van der Waals surface area contributed by atoms with Crippen LogP contribution in [-0.4, -0.2) is 14.6 Å². The number of aromatic nitrogens is 3. The third-order valence-corrected chi connectivity index (χ3v) is 3.15. The second kappa shape index (κ2) is 4.23. The molecule has 98 valence electrons. The van der Waals surface area contributed by atoms with Gasteiger partial charge < -0.3 is 0 Å². The van der Waals surface area contributed by atoms with E-state index in [-0.39, 0.29) is 10.8 Å². The van der Waals surface area contributed by atoms with Crippen molar-refractivity contribution < 1.29 is 0 Å². The van der Waals surface area contributed by atoms with Crippen molar-refractivity contribution in [1.29, 1.82) is 0 Å². The first-order chi connectivity index (χ1) is 8.17. The minimum absolute atomic E-state index is 0.0262. The minimum Gasteiger partial charge on any atom is -0.232 e. The summed E-state index contributed by atoms with van der Waals surface area (Å²) in [6.07, 6.45) is 3.05. The average molecular weight is 266 g/mol. The molecule has 4 heteroatoms. The average Bonchev–Trinajstić information content (AvgIpc) is 2.57. The van der Waals surface area contributed by atoms with Crippen LogP contribution in [0.4, 0.5) is 0 Å². The summed E-state index contributed by atoms with van der Waals surface area (Å²) in [7, 11) is 0. The molecule has 3 nitrogen and oxygen atoms in total. The molecule has 0 saturated heterocycles. The molecule has 0 bridgehead atoms. The predicted molar refractivity (Wildman–Crippen MR) is 75.1 cm³/mol. The lowest BCUT2D eigenvalue weighted by molar-refractivity contribution is 0.280. The van der Waals surface area contributed by atoms with Gasteiger partial charge in [-0.05, 0) is 24.0 Å². The number of nitrogens with zero attached hydrogens (tertiary/aromatic N) is 3. The van der Waals surface area contributed by atoms with E-state index in [2.05, 4.69) is 44.7 Å². The normalized spacial score (nSPS) is 13.2. The summed E-state index contributed by atoms with van der Waals surface area (Å²) in [5, 5.41) is 4.71. The summed E-state index contributed by atoms with van der Waals surface area (Å²) >= 11 is 5.89. The fourth-order valence-electron chi connectivity index (χ4n) is 2.60. The fraction of sp³-hybridized carbons (Fsp3) is 0.571. The Morgan fingerprint density at radius 2 is 1.83 bits per heavy atom. The van der Waals surface area contributed by atoms with Gasteiger partial charge in [-0.1, -0.05) is 46.2 Å². The zero-order valence-electron chi connectivity index (χ0n) is 11.7. The van der Waals surface area contributed by atoms with Crippen molar-refractivity contribution in [2.45, 2.75) is 46.5 Å². The van der Waals surface area contributed by atoms with Crippen molar-refractivity contribution in [3.8, 4) is 0 Å². The maximum Gasteiger partial charge on any atom is 0.153 e. The van der Waals surface area contributed by atoms with Crippen molar-refractivity contribution in [2.75, 3.05) is 0 Å². The molecule has 0 unspecified atom stereocenters. The van der Waals surface area contributed by atoms with Gasteiger partial charge in [-0.3, -0.25) is 0 Å². The molecule has 2 heterocycles. The largest absolute Gasteiger partial charge is 0.232 e. The van der Waals surface area contributed by atoms with Gasteiger partial charge in [-0.25, -0.2) is 9.50 Å². The van der Waals surface area contributed by atoms with Crippen LogP contribution in [0.1, 0.15) is 46.7 Å². The van der Waals surface area contributed by atoms with Gasteiger partial charge in [-0.2, -0.15) is 5.10 Å². The molecule has 0 amide bonds. The fourth-order valence-corrected chi connectivity index (χ4v) is 2.75. The predicted octanol–water partition coefficient (Wildman–Crippen LogP) is 4.10. The Kier molecular flexibility index (Phi) is 3.14. The molecule has 2 rings (SSSR count).